The van der Waals surface area contributed by atoms with Crippen molar-refractivity contribution in [2.45, 2.75) is 25.6 Å². The minimum absolute atomic E-state index is 0.0401. The van der Waals surface area contributed by atoms with Gasteiger partial charge in [0.2, 0.25) is 0 Å². The average Bonchev–Trinajstić information content (AvgIpc) is 3.02. The number of likely N-dealkylation sites (N-methyl/N-ethyl adjacent to an activating group) is 1. The molecule has 1 saturated heterocycles. The second-order valence-corrected chi connectivity index (χ2v) is 5.45. The lowest BCUT2D eigenvalue weighted by atomic mass is 10.0. The molecule has 20 heavy (non-hydrogen) atoms. The van der Waals surface area contributed by atoms with Gasteiger partial charge >= 0.3 is 6.03 Å². The van der Waals surface area contributed by atoms with E-state index in [0.717, 1.165) is 5.69 Å². The van der Waals surface area contributed by atoms with E-state index in [1.165, 1.54) is 6.33 Å². The first-order valence-electron chi connectivity index (χ1n) is 6.49. The molecule has 6 heteroatoms. The third-order valence-corrected chi connectivity index (χ3v) is 3.96. The van der Waals surface area contributed by atoms with Crippen LogP contribution in [0.15, 0.2) is 43.0 Å². The number of urea groups is 1. The highest BCUT2D eigenvalue weighted by Crippen LogP contribution is 2.41. The standard InChI is InChI=1S/C14H17N5O/c1-14(2)12(18-10-15-9-16-18)19(13(20)17(14)3)11-7-5-4-6-8-11/h4-10,12H,1-3H3/t12-/m0/s1. The van der Waals surface area contributed by atoms with Crippen molar-refractivity contribution in [1.29, 1.82) is 0 Å². The molecule has 2 heterocycles. The van der Waals surface area contributed by atoms with Crippen molar-refractivity contribution in [3.63, 3.8) is 0 Å². The van der Waals surface area contributed by atoms with Gasteiger partial charge in [0.25, 0.3) is 0 Å². The van der Waals surface area contributed by atoms with Crippen LogP contribution < -0.4 is 4.90 Å². The molecule has 6 nitrogen and oxygen atoms in total. The van der Waals surface area contributed by atoms with Gasteiger partial charge in [-0.2, -0.15) is 5.10 Å². The third kappa shape index (κ3) is 1.68. The van der Waals surface area contributed by atoms with Crippen molar-refractivity contribution in [1.82, 2.24) is 19.7 Å². The van der Waals surface area contributed by atoms with Crippen molar-refractivity contribution < 1.29 is 4.79 Å². The fourth-order valence-electron chi connectivity index (χ4n) is 2.63. The number of amides is 2. The molecule has 0 spiro atoms. The number of anilines is 1. The van der Waals surface area contributed by atoms with Crippen LogP contribution >= 0.6 is 0 Å². The van der Waals surface area contributed by atoms with Gasteiger partial charge in [-0.1, -0.05) is 18.2 Å². The maximum Gasteiger partial charge on any atom is 0.326 e. The number of carbonyl (C=O) groups excluding carboxylic acids is 1. The second kappa shape index (κ2) is 4.33. The van der Waals surface area contributed by atoms with E-state index in [1.54, 1.807) is 20.8 Å². The summed E-state index contributed by atoms with van der Waals surface area (Å²) in [5.74, 6) is 0. The van der Waals surface area contributed by atoms with Crippen LogP contribution in [0, 0.1) is 0 Å². The molecule has 1 aliphatic rings. The van der Waals surface area contributed by atoms with Gasteiger partial charge in [-0.15, -0.1) is 0 Å². The van der Waals surface area contributed by atoms with Crippen LogP contribution in [0.4, 0.5) is 10.5 Å². The zero-order valence-corrected chi connectivity index (χ0v) is 11.8. The molecule has 0 N–H and O–H groups in total. The lowest BCUT2D eigenvalue weighted by Gasteiger charge is -2.33. The molecular weight excluding hydrogens is 254 g/mol. The SMILES string of the molecule is CN1C(=O)N(c2ccccc2)[C@H](n2cncn2)C1(C)C. The van der Waals surface area contributed by atoms with Gasteiger partial charge in [-0.3, -0.25) is 4.90 Å². The number of para-hydroxylation sites is 1. The molecule has 0 aliphatic carbocycles. The van der Waals surface area contributed by atoms with Gasteiger partial charge in [-0.05, 0) is 26.0 Å². The fourth-order valence-corrected chi connectivity index (χ4v) is 2.63. The van der Waals surface area contributed by atoms with Crippen LogP contribution in [-0.4, -0.2) is 38.3 Å². The summed E-state index contributed by atoms with van der Waals surface area (Å²) < 4.78 is 1.73. The predicted octanol–water partition coefficient (Wildman–Crippen LogP) is 2.13. The quantitative estimate of drug-likeness (QED) is 0.840. The minimum Gasteiger partial charge on any atom is -0.318 e. The number of rotatable bonds is 2. The van der Waals surface area contributed by atoms with Gasteiger partial charge in [0.05, 0.1) is 5.54 Å². The largest absolute Gasteiger partial charge is 0.326 e. The molecule has 3 rings (SSSR count). The molecule has 1 aromatic heterocycles. The van der Waals surface area contributed by atoms with Crippen LogP contribution in [-0.2, 0) is 0 Å². The topological polar surface area (TPSA) is 54.3 Å². The van der Waals surface area contributed by atoms with Crippen LogP contribution in [0.25, 0.3) is 0 Å². The summed E-state index contributed by atoms with van der Waals surface area (Å²) in [5, 5.41) is 4.22. The van der Waals surface area contributed by atoms with Crippen molar-refractivity contribution in [2.24, 2.45) is 0 Å². The molecule has 0 bridgehead atoms. The third-order valence-electron chi connectivity index (χ3n) is 3.96. The zero-order valence-electron chi connectivity index (χ0n) is 11.8. The summed E-state index contributed by atoms with van der Waals surface area (Å²) in [6.07, 6.45) is 2.90. The summed E-state index contributed by atoms with van der Waals surface area (Å²) in [4.78, 5) is 20.1. The van der Waals surface area contributed by atoms with Crippen LogP contribution in [0.5, 0.6) is 0 Å². The van der Waals surface area contributed by atoms with Crippen LogP contribution in [0.2, 0.25) is 0 Å². The lowest BCUT2D eigenvalue weighted by molar-refractivity contribution is 0.168. The molecule has 1 fully saturated rings. The normalized spacial score (nSPS) is 21.6. The summed E-state index contributed by atoms with van der Waals surface area (Å²) in [7, 11) is 1.81. The Kier molecular flexibility index (Phi) is 2.74. The maximum atomic E-state index is 12.6. The number of hydrogen-bond acceptors (Lipinski definition) is 3. The first-order chi connectivity index (χ1) is 9.53. The molecule has 2 aromatic rings. The van der Waals surface area contributed by atoms with E-state index in [4.69, 9.17) is 0 Å². The van der Waals surface area contributed by atoms with E-state index < -0.39 is 0 Å². The molecule has 1 aliphatic heterocycles. The highest BCUT2D eigenvalue weighted by Gasteiger charge is 2.51. The Balaban J connectivity index is 2.13. The Hall–Kier alpha value is -2.37. The number of nitrogens with zero attached hydrogens (tertiary/aromatic N) is 5. The average molecular weight is 271 g/mol. The van der Waals surface area contributed by atoms with Crippen molar-refractivity contribution >= 4 is 11.7 Å². The summed E-state index contributed by atoms with van der Waals surface area (Å²) >= 11 is 0. The molecule has 1 atom stereocenters. The van der Waals surface area contributed by atoms with Gasteiger partial charge in [0.15, 0.2) is 6.17 Å². The molecule has 1 aromatic carbocycles. The van der Waals surface area contributed by atoms with E-state index in [1.807, 2.05) is 51.2 Å². The van der Waals surface area contributed by atoms with Crippen LogP contribution in [0.1, 0.15) is 20.0 Å². The summed E-state index contributed by atoms with van der Waals surface area (Å²) in [6, 6.07) is 9.60. The Bertz CT molecular complexity index is 608. The summed E-state index contributed by atoms with van der Waals surface area (Å²) in [5.41, 5.74) is 0.469. The summed E-state index contributed by atoms with van der Waals surface area (Å²) in [6.45, 7) is 4.06. The Morgan fingerprint density at radius 2 is 1.90 bits per heavy atom. The van der Waals surface area contributed by atoms with Gasteiger partial charge in [0.1, 0.15) is 12.7 Å². The van der Waals surface area contributed by atoms with E-state index >= 15 is 0 Å². The van der Waals surface area contributed by atoms with Gasteiger partial charge < -0.3 is 4.90 Å². The number of benzene rings is 1. The Labute approximate surface area is 117 Å². The highest BCUT2D eigenvalue weighted by molar-refractivity contribution is 5.95. The Morgan fingerprint density at radius 3 is 2.50 bits per heavy atom. The number of carbonyl (C=O) groups is 1. The van der Waals surface area contributed by atoms with Gasteiger partial charge in [0, 0.05) is 12.7 Å². The smallest absolute Gasteiger partial charge is 0.318 e. The van der Waals surface area contributed by atoms with E-state index in [-0.39, 0.29) is 17.7 Å². The Morgan fingerprint density at radius 1 is 1.20 bits per heavy atom. The van der Waals surface area contributed by atoms with Crippen molar-refractivity contribution in [3.8, 4) is 0 Å². The van der Waals surface area contributed by atoms with Crippen molar-refractivity contribution in [2.75, 3.05) is 11.9 Å². The predicted molar refractivity (Wildman–Crippen MR) is 75.2 cm³/mol. The molecule has 0 saturated carbocycles. The maximum absolute atomic E-state index is 12.6. The molecule has 104 valence electrons. The first-order valence-corrected chi connectivity index (χ1v) is 6.49. The molecule has 0 unspecified atom stereocenters. The lowest BCUT2D eigenvalue weighted by Crippen LogP contribution is -2.42. The molecular formula is C14H17N5O. The first kappa shape index (κ1) is 12.7. The zero-order chi connectivity index (χ0) is 14.3. The monoisotopic (exact) mass is 271 g/mol. The van der Waals surface area contributed by atoms with Crippen molar-refractivity contribution in [3.05, 3.63) is 43.0 Å². The minimum atomic E-state index is -0.388. The van der Waals surface area contributed by atoms with Crippen LogP contribution in [0.3, 0.4) is 0 Å². The van der Waals surface area contributed by atoms with E-state index in [0.29, 0.717) is 0 Å². The van der Waals surface area contributed by atoms with Gasteiger partial charge in [-0.25, -0.2) is 14.5 Å². The number of hydrogen-bond donors (Lipinski definition) is 0. The fraction of sp³-hybridized carbons (Fsp3) is 0.357. The van der Waals surface area contributed by atoms with E-state index in [9.17, 15) is 4.79 Å². The molecule has 2 amide bonds. The second-order valence-electron chi connectivity index (χ2n) is 5.45. The highest BCUT2D eigenvalue weighted by atomic mass is 16.2. The number of aromatic nitrogens is 3. The molecule has 0 radical (unpaired) electrons. The van der Waals surface area contributed by atoms with E-state index in [2.05, 4.69) is 10.1 Å².